The van der Waals surface area contributed by atoms with Crippen LogP contribution in [0.25, 0.3) is 11.0 Å². The minimum absolute atomic E-state index is 0.0578. The predicted octanol–water partition coefficient (Wildman–Crippen LogP) is 2.58. The highest BCUT2D eigenvalue weighted by molar-refractivity contribution is 7.80. The highest BCUT2D eigenvalue weighted by Gasteiger charge is 2.17. The molecule has 0 saturated heterocycles. The molecule has 0 radical (unpaired) electrons. The first-order valence-electron chi connectivity index (χ1n) is 5.38. The Balaban J connectivity index is 2.66. The number of aryl methyl sites for hydroxylation is 1. The van der Waals surface area contributed by atoms with Crippen LogP contribution in [0.1, 0.15) is 25.2 Å². The number of para-hydroxylation sites is 2. The molecule has 0 spiro atoms. The summed E-state index contributed by atoms with van der Waals surface area (Å²) in [6.07, 6.45) is 0.885. The number of aromatic nitrogens is 2. The smallest absolute Gasteiger partial charge is 0.107 e. The number of rotatable bonds is 3. The van der Waals surface area contributed by atoms with Crippen LogP contribution in [0.5, 0.6) is 0 Å². The minimum Gasteiger partial charge on any atom is -0.392 e. The zero-order valence-corrected chi connectivity index (χ0v) is 10.3. The molecule has 0 aliphatic rings. The molecule has 2 rings (SSSR count). The zero-order chi connectivity index (χ0) is 11.7. The van der Waals surface area contributed by atoms with Crippen LogP contribution in [-0.2, 0) is 0 Å². The molecule has 1 aromatic heterocycles. The van der Waals surface area contributed by atoms with Crippen molar-refractivity contribution in [3.63, 3.8) is 0 Å². The normalized spacial score (nSPS) is 12.9. The third-order valence-corrected chi connectivity index (χ3v) is 3.07. The van der Waals surface area contributed by atoms with Gasteiger partial charge in [0.25, 0.3) is 0 Å². The Morgan fingerprint density at radius 2 is 2.19 bits per heavy atom. The maximum absolute atomic E-state index is 5.78. The first-order chi connectivity index (χ1) is 7.65. The highest BCUT2D eigenvalue weighted by atomic mass is 32.1. The van der Waals surface area contributed by atoms with E-state index in [0.29, 0.717) is 4.99 Å². The first kappa shape index (κ1) is 11.1. The van der Waals surface area contributed by atoms with Crippen LogP contribution < -0.4 is 5.73 Å². The number of nitrogens with two attached hydrogens (primary N) is 1. The van der Waals surface area contributed by atoms with Gasteiger partial charge in [0.1, 0.15) is 5.82 Å². The predicted molar refractivity (Wildman–Crippen MR) is 70.6 cm³/mol. The molecule has 0 amide bonds. The van der Waals surface area contributed by atoms with Crippen molar-refractivity contribution in [1.82, 2.24) is 9.55 Å². The molecule has 0 aliphatic carbocycles. The number of hydrogen-bond donors (Lipinski definition) is 1. The van der Waals surface area contributed by atoms with Gasteiger partial charge in [-0.2, -0.15) is 0 Å². The van der Waals surface area contributed by atoms with Gasteiger partial charge >= 0.3 is 0 Å². The molecule has 1 atom stereocenters. The molecular weight excluding hydrogens is 218 g/mol. The van der Waals surface area contributed by atoms with Crippen LogP contribution >= 0.6 is 12.2 Å². The Morgan fingerprint density at radius 3 is 2.81 bits per heavy atom. The van der Waals surface area contributed by atoms with E-state index in [1.54, 1.807) is 0 Å². The summed E-state index contributed by atoms with van der Waals surface area (Å²) >= 11 is 5.12. The average molecular weight is 233 g/mol. The van der Waals surface area contributed by atoms with Gasteiger partial charge in [-0.25, -0.2) is 4.98 Å². The summed E-state index contributed by atoms with van der Waals surface area (Å²) in [5.41, 5.74) is 7.87. The van der Waals surface area contributed by atoms with Gasteiger partial charge in [-0.1, -0.05) is 31.3 Å². The number of benzene rings is 1. The second kappa shape index (κ2) is 4.22. The third kappa shape index (κ3) is 1.69. The number of fused-ring (bicyclic) bond motifs is 1. The Labute approximate surface area is 100 Å². The molecular formula is C12H15N3S. The quantitative estimate of drug-likeness (QED) is 0.829. The number of thiocarbonyl (C=S) groups is 1. The monoisotopic (exact) mass is 233 g/mol. The average Bonchev–Trinajstić information content (AvgIpc) is 2.57. The van der Waals surface area contributed by atoms with Crippen molar-refractivity contribution >= 4 is 28.2 Å². The molecule has 4 heteroatoms. The van der Waals surface area contributed by atoms with E-state index in [1.165, 1.54) is 0 Å². The molecule has 1 heterocycles. The molecule has 0 aliphatic heterocycles. The first-order valence-corrected chi connectivity index (χ1v) is 5.79. The second-order valence-corrected chi connectivity index (χ2v) is 4.32. The Bertz CT molecular complexity index is 530. The molecule has 0 saturated carbocycles. The number of nitrogens with zero attached hydrogens (tertiary/aromatic N) is 2. The lowest BCUT2D eigenvalue weighted by Crippen LogP contribution is -2.24. The van der Waals surface area contributed by atoms with E-state index >= 15 is 0 Å². The summed E-state index contributed by atoms with van der Waals surface area (Å²) in [5, 5.41) is 0. The lowest BCUT2D eigenvalue weighted by Gasteiger charge is -2.17. The van der Waals surface area contributed by atoms with Crippen molar-refractivity contribution in [1.29, 1.82) is 0 Å². The minimum atomic E-state index is 0.0578. The highest BCUT2D eigenvalue weighted by Crippen LogP contribution is 2.22. The lowest BCUT2D eigenvalue weighted by atomic mass is 10.2. The van der Waals surface area contributed by atoms with Crippen molar-refractivity contribution in [2.24, 2.45) is 5.73 Å². The summed E-state index contributed by atoms with van der Waals surface area (Å²) in [4.78, 5) is 5.03. The van der Waals surface area contributed by atoms with Gasteiger partial charge in [-0.3, -0.25) is 0 Å². The molecule has 2 aromatic rings. The van der Waals surface area contributed by atoms with E-state index in [2.05, 4.69) is 22.5 Å². The Morgan fingerprint density at radius 1 is 1.50 bits per heavy atom. The van der Waals surface area contributed by atoms with Gasteiger partial charge < -0.3 is 10.3 Å². The Kier molecular flexibility index (Phi) is 2.92. The fraction of sp³-hybridized carbons (Fsp3) is 0.333. The van der Waals surface area contributed by atoms with Gasteiger partial charge in [-0.05, 0) is 25.5 Å². The van der Waals surface area contributed by atoms with Crippen molar-refractivity contribution in [2.45, 2.75) is 26.3 Å². The topological polar surface area (TPSA) is 43.8 Å². The van der Waals surface area contributed by atoms with Crippen molar-refractivity contribution in [3.05, 3.63) is 30.1 Å². The van der Waals surface area contributed by atoms with Gasteiger partial charge in [0.2, 0.25) is 0 Å². The molecule has 2 N–H and O–H groups in total. The molecule has 3 nitrogen and oxygen atoms in total. The maximum Gasteiger partial charge on any atom is 0.107 e. The molecule has 84 valence electrons. The fourth-order valence-corrected chi connectivity index (χ4v) is 2.34. The van der Waals surface area contributed by atoms with Crippen LogP contribution in [-0.4, -0.2) is 14.5 Å². The molecule has 0 bridgehead atoms. The van der Waals surface area contributed by atoms with Crippen molar-refractivity contribution < 1.29 is 0 Å². The summed E-state index contributed by atoms with van der Waals surface area (Å²) in [7, 11) is 0. The fourth-order valence-electron chi connectivity index (χ4n) is 2.07. The molecule has 16 heavy (non-hydrogen) atoms. The molecule has 0 fully saturated rings. The van der Waals surface area contributed by atoms with Gasteiger partial charge in [0.05, 0.1) is 22.1 Å². The van der Waals surface area contributed by atoms with Crippen molar-refractivity contribution in [2.75, 3.05) is 0 Å². The van der Waals surface area contributed by atoms with Crippen LogP contribution in [0.15, 0.2) is 24.3 Å². The summed E-state index contributed by atoms with van der Waals surface area (Å²) in [5.74, 6) is 0.959. The van der Waals surface area contributed by atoms with Crippen LogP contribution in [0, 0.1) is 6.92 Å². The third-order valence-electron chi connectivity index (χ3n) is 2.80. The van der Waals surface area contributed by atoms with Gasteiger partial charge in [0.15, 0.2) is 0 Å². The van der Waals surface area contributed by atoms with E-state index in [9.17, 15) is 0 Å². The summed E-state index contributed by atoms with van der Waals surface area (Å²) in [6, 6.07) is 8.11. The SMILES string of the molecule is CCC(C(N)=S)n1c(C)nc2ccccc21. The molecule has 1 unspecified atom stereocenters. The summed E-state index contributed by atoms with van der Waals surface area (Å²) in [6.45, 7) is 4.07. The van der Waals surface area contributed by atoms with E-state index in [1.807, 2.05) is 25.1 Å². The van der Waals surface area contributed by atoms with Gasteiger partial charge in [0, 0.05) is 0 Å². The molecule has 1 aromatic carbocycles. The van der Waals surface area contributed by atoms with Crippen LogP contribution in [0.4, 0.5) is 0 Å². The van der Waals surface area contributed by atoms with E-state index in [-0.39, 0.29) is 6.04 Å². The van der Waals surface area contributed by atoms with Crippen molar-refractivity contribution in [3.8, 4) is 0 Å². The van der Waals surface area contributed by atoms with E-state index in [4.69, 9.17) is 18.0 Å². The summed E-state index contributed by atoms with van der Waals surface area (Å²) < 4.78 is 2.12. The lowest BCUT2D eigenvalue weighted by molar-refractivity contribution is 0.619. The van der Waals surface area contributed by atoms with Crippen LogP contribution in [0.3, 0.4) is 0 Å². The number of hydrogen-bond acceptors (Lipinski definition) is 2. The van der Waals surface area contributed by atoms with Crippen LogP contribution in [0.2, 0.25) is 0 Å². The second-order valence-electron chi connectivity index (χ2n) is 3.84. The van der Waals surface area contributed by atoms with E-state index < -0.39 is 0 Å². The number of imidazole rings is 1. The largest absolute Gasteiger partial charge is 0.392 e. The zero-order valence-electron chi connectivity index (χ0n) is 9.47. The van der Waals surface area contributed by atoms with Gasteiger partial charge in [-0.15, -0.1) is 0 Å². The Hall–Kier alpha value is -1.42. The standard InChI is InChI=1S/C12H15N3S/c1-3-10(12(13)16)15-8(2)14-9-6-4-5-7-11(9)15/h4-7,10H,3H2,1-2H3,(H2,13,16). The van der Waals surface area contributed by atoms with E-state index in [0.717, 1.165) is 23.3 Å². The maximum atomic E-state index is 5.78.